The van der Waals surface area contributed by atoms with E-state index in [1.807, 2.05) is 164 Å². The van der Waals surface area contributed by atoms with Gasteiger partial charge in [-0.3, -0.25) is 18.9 Å². The molecule has 1 N–H and O–H groups in total. The Kier molecular flexibility index (Phi) is 11.0. The Morgan fingerprint density at radius 2 is 0.943 bits per heavy atom. The van der Waals surface area contributed by atoms with E-state index in [-0.39, 0.29) is 18.3 Å². The average molecular weight is 958 g/mol. The third-order valence-electron chi connectivity index (χ3n) is 8.78. The first-order valence-corrected chi connectivity index (χ1v) is 19.6. The molecule has 264 valence electrons. The number of benzene rings is 6. The molecule has 11 heteroatoms. The molecule has 1 aliphatic heterocycles. The Bertz CT molecular complexity index is 2400. The molecule has 0 saturated carbocycles. The highest BCUT2D eigenvalue weighted by Crippen LogP contribution is 2.40. The van der Waals surface area contributed by atoms with Crippen LogP contribution >= 0.6 is 63.7 Å². The number of urea groups is 1. The summed E-state index contributed by atoms with van der Waals surface area (Å²) in [4.78, 5) is 29.6. The number of carbonyl (C=O) groups is 1. The van der Waals surface area contributed by atoms with Crippen LogP contribution in [-0.2, 0) is 5.72 Å². The molecule has 1 fully saturated rings. The van der Waals surface area contributed by atoms with E-state index in [1.165, 1.54) is 4.90 Å². The number of rotatable bonds is 6. The molecule has 2 heterocycles. The lowest BCUT2D eigenvalue weighted by atomic mass is 10.0. The fourth-order valence-corrected chi connectivity index (χ4v) is 7.24. The van der Waals surface area contributed by atoms with Crippen LogP contribution in [0.25, 0.3) is 22.6 Å². The van der Waals surface area contributed by atoms with Crippen molar-refractivity contribution in [1.29, 1.82) is 0 Å². The van der Waals surface area contributed by atoms with Gasteiger partial charge in [0.1, 0.15) is 0 Å². The van der Waals surface area contributed by atoms with Crippen LogP contribution in [0, 0.1) is 0 Å². The van der Waals surface area contributed by atoms with Gasteiger partial charge in [0.05, 0.1) is 23.6 Å². The topological polar surface area (TPSA) is 70.7 Å². The molecule has 1 saturated heterocycles. The normalized spacial score (nSPS) is 15.3. The van der Waals surface area contributed by atoms with E-state index >= 15 is 0 Å². The summed E-state index contributed by atoms with van der Waals surface area (Å²) in [6, 6.07) is 49.2. The molecule has 53 heavy (non-hydrogen) atoms. The van der Waals surface area contributed by atoms with Crippen LogP contribution in [0.5, 0.6) is 0 Å². The second-order valence-electron chi connectivity index (χ2n) is 12.2. The third-order valence-corrected chi connectivity index (χ3v) is 10.9. The zero-order chi connectivity index (χ0) is 37.1. The molecule has 1 aliphatic rings. The molecule has 7 nitrogen and oxygen atoms in total. The van der Waals surface area contributed by atoms with Gasteiger partial charge in [-0.1, -0.05) is 124 Å². The van der Waals surface area contributed by atoms with Crippen LogP contribution in [0.15, 0.2) is 187 Å². The van der Waals surface area contributed by atoms with E-state index in [2.05, 4.69) is 63.7 Å². The average Bonchev–Trinajstić information content (AvgIpc) is 3.67. The molecule has 0 spiro atoms. The molecule has 0 bridgehead atoms. The maximum absolute atomic E-state index is 13.3. The summed E-state index contributed by atoms with van der Waals surface area (Å²) in [6.45, 7) is 0.132. The minimum atomic E-state index is -1.47. The van der Waals surface area contributed by atoms with Crippen LogP contribution < -0.4 is 15.5 Å². The Hall–Kier alpha value is -4.52. The van der Waals surface area contributed by atoms with Crippen molar-refractivity contribution in [2.24, 2.45) is 0 Å². The van der Waals surface area contributed by atoms with Crippen LogP contribution in [-0.4, -0.2) is 26.8 Å². The lowest BCUT2D eigenvalue weighted by Crippen LogP contribution is -2.44. The number of aromatic nitrogens is 2. The summed E-state index contributed by atoms with van der Waals surface area (Å²) in [7, 11) is 0. The number of hydrogen-bond acceptors (Lipinski definition) is 3. The predicted molar refractivity (Wildman–Crippen MR) is 226 cm³/mol. The van der Waals surface area contributed by atoms with Crippen LogP contribution in [0.1, 0.15) is 5.56 Å². The van der Waals surface area contributed by atoms with Crippen LogP contribution in [0.4, 0.5) is 16.2 Å². The van der Waals surface area contributed by atoms with Gasteiger partial charge in [-0.25, -0.2) is 9.59 Å². The first-order chi connectivity index (χ1) is 25.6. The lowest BCUT2D eigenvalue weighted by Gasteiger charge is -2.32. The number of anilines is 2. The Labute approximate surface area is 340 Å². The minimum Gasteiger partial charge on any atom is -0.365 e. The highest BCUT2D eigenvalue weighted by Gasteiger charge is 2.51. The van der Waals surface area contributed by atoms with Crippen molar-refractivity contribution in [3.05, 3.63) is 198 Å². The van der Waals surface area contributed by atoms with Gasteiger partial charge >= 0.3 is 11.7 Å². The van der Waals surface area contributed by atoms with Crippen molar-refractivity contribution in [2.75, 3.05) is 16.3 Å². The number of hydrogen-bond donors (Lipinski definition) is 1. The number of β-amino-alcohol motifs (C(OH)–C–C–N with tert-alkyl or cyclic N) is 1. The fraction of sp³-hybridized carbons (Fsp3) is 0.0476. The SMILES string of the molecule is O=C1N(c2ccc(Br)cc2)CC(O)(c2ccccc2)N1c1ccc(Br)cc1.O=c1n(-c2ccc(Br)cc2)cc(-c2ccccc2)n1-c1ccc(Br)cc1. The van der Waals surface area contributed by atoms with E-state index in [9.17, 15) is 14.7 Å². The molecule has 0 radical (unpaired) electrons. The van der Waals surface area contributed by atoms with Crippen molar-refractivity contribution in [3.63, 3.8) is 0 Å². The van der Waals surface area contributed by atoms with Crippen LogP contribution in [0.2, 0.25) is 0 Å². The molecule has 1 aromatic heterocycles. The molecular weight excluding hydrogens is 928 g/mol. The van der Waals surface area contributed by atoms with Crippen molar-refractivity contribution in [3.8, 4) is 22.6 Å². The first-order valence-electron chi connectivity index (χ1n) is 16.4. The fourth-order valence-electron chi connectivity index (χ4n) is 6.19. The smallest absolute Gasteiger partial charge is 0.337 e. The van der Waals surface area contributed by atoms with E-state index in [1.54, 1.807) is 14.0 Å². The van der Waals surface area contributed by atoms with E-state index in [0.29, 0.717) is 11.3 Å². The van der Waals surface area contributed by atoms with Gasteiger partial charge in [0.15, 0.2) is 5.72 Å². The van der Waals surface area contributed by atoms with Gasteiger partial charge in [-0.05, 0) is 97.1 Å². The summed E-state index contributed by atoms with van der Waals surface area (Å²) in [5.41, 5.74) is 3.95. The largest absolute Gasteiger partial charge is 0.365 e. The lowest BCUT2D eigenvalue weighted by molar-refractivity contribution is 0.0655. The first kappa shape index (κ1) is 36.8. The molecule has 1 unspecified atom stereocenters. The zero-order valence-electron chi connectivity index (χ0n) is 27.9. The standard InChI is InChI=1S/C21H16Br2N2O2.C21H14Br2N2O/c22-16-6-10-18(11-7-16)24-14-21(27,15-4-2-1-3-5-15)25(20(24)26)19-12-8-17(23)9-13-19;22-16-6-10-18(11-7-16)24-14-20(15-4-2-1-3-5-15)25(21(24)26)19-12-8-17(23)9-13-19/h1-13,27H,14H2;1-14H. The zero-order valence-corrected chi connectivity index (χ0v) is 34.2. The third kappa shape index (κ3) is 7.76. The van der Waals surface area contributed by atoms with Gasteiger partial charge < -0.3 is 5.11 Å². The van der Waals surface area contributed by atoms with Gasteiger partial charge in [-0.2, -0.15) is 0 Å². The highest BCUT2D eigenvalue weighted by molar-refractivity contribution is 9.11. The number of aliphatic hydroxyl groups is 1. The summed E-state index contributed by atoms with van der Waals surface area (Å²) in [5.74, 6) is 0. The molecule has 6 aromatic carbocycles. The maximum atomic E-state index is 13.3. The number of halogens is 4. The van der Waals surface area contributed by atoms with Gasteiger partial charge in [0.25, 0.3) is 0 Å². The quantitative estimate of drug-likeness (QED) is 0.181. The molecule has 0 aliphatic carbocycles. The number of carbonyl (C=O) groups excluding carboxylic acids is 1. The maximum Gasteiger partial charge on any atom is 0.337 e. The monoisotopic (exact) mass is 954 g/mol. The second kappa shape index (κ2) is 15.8. The second-order valence-corrected chi connectivity index (χ2v) is 15.8. The van der Waals surface area contributed by atoms with Crippen molar-refractivity contribution < 1.29 is 9.90 Å². The minimum absolute atomic E-state index is 0.103. The molecule has 2 amide bonds. The number of imidazole rings is 1. The summed E-state index contributed by atoms with van der Waals surface area (Å²) in [5, 5.41) is 11.6. The van der Waals surface area contributed by atoms with Gasteiger partial charge in [-0.15, -0.1) is 0 Å². The number of nitrogens with zero attached hydrogens (tertiary/aromatic N) is 4. The summed E-state index contributed by atoms with van der Waals surface area (Å²) < 4.78 is 7.21. The Balaban J connectivity index is 0.000000164. The van der Waals surface area contributed by atoms with E-state index < -0.39 is 5.72 Å². The Morgan fingerprint density at radius 1 is 0.509 bits per heavy atom. The van der Waals surface area contributed by atoms with Crippen molar-refractivity contribution in [2.45, 2.75) is 5.72 Å². The van der Waals surface area contributed by atoms with Gasteiger partial charge in [0.2, 0.25) is 0 Å². The van der Waals surface area contributed by atoms with E-state index in [0.717, 1.165) is 46.2 Å². The number of amides is 2. The molecule has 8 rings (SSSR count). The van der Waals surface area contributed by atoms with Crippen molar-refractivity contribution in [1.82, 2.24) is 9.13 Å². The summed E-state index contributed by atoms with van der Waals surface area (Å²) >= 11 is 13.7. The van der Waals surface area contributed by atoms with E-state index in [4.69, 9.17) is 0 Å². The predicted octanol–water partition coefficient (Wildman–Crippen LogP) is 11.3. The van der Waals surface area contributed by atoms with Crippen molar-refractivity contribution >= 4 is 81.1 Å². The highest BCUT2D eigenvalue weighted by atomic mass is 79.9. The Morgan fingerprint density at radius 3 is 1.45 bits per heavy atom. The molecular formula is C42H30Br4N4O3. The summed E-state index contributed by atoms with van der Waals surface area (Å²) in [6.07, 6.45) is 1.89. The van der Waals surface area contributed by atoms with Gasteiger partial charge in [0, 0.05) is 46.6 Å². The van der Waals surface area contributed by atoms with Crippen LogP contribution in [0.3, 0.4) is 0 Å². The molecule has 7 aromatic rings. The molecule has 1 atom stereocenters.